The van der Waals surface area contributed by atoms with Crippen LogP contribution in [-0.4, -0.2) is 64.5 Å². The summed E-state index contributed by atoms with van der Waals surface area (Å²) < 4.78 is 22.0. The van der Waals surface area contributed by atoms with Crippen LogP contribution in [0.3, 0.4) is 0 Å². The van der Waals surface area contributed by atoms with Crippen LogP contribution >= 0.6 is 0 Å². The van der Waals surface area contributed by atoms with Gasteiger partial charge in [0.15, 0.2) is 0 Å². The van der Waals surface area contributed by atoms with Gasteiger partial charge in [-0.2, -0.15) is 0 Å². The Morgan fingerprint density at radius 2 is 1.02 bits per heavy atom. The van der Waals surface area contributed by atoms with E-state index in [4.69, 9.17) is 18.9 Å². The van der Waals surface area contributed by atoms with Crippen LogP contribution in [0.15, 0.2) is 97.1 Å². The van der Waals surface area contributed by atoms with Gasteiger partial charge in [0.05, 0.1) is 13.2 Å². The van der Waals surface area contributed by atoms with Crippen LogP contribution in [0.1, 0.15) is 20.7 Å². The van der Waals surface area contributed by atoms with E-state index in [9.17, 15) is 9.59 Å². The van der Waals surface area contributed by atoms with Crippen LogP contribution in [0.25, 0.3) is 21.5 Å². The molecule has 2 saturated heterocycles. The molecular weight excluding hydrogens is 556 g/mol. The first kappa shape index (κ1) is 27.9. The molecule has 0 spiro atoms. The number of nitrogens with zero attached hydrogens (tertiary/aromatic N) is 2. The fraction of sp³-hybridized carbons (Fsp3) is 0.222. The van der Waals surface area contributed by atoms with Crippen molar-refractivity contribution in [1.29, 1.82) is 0 Å². The minimum absolute atomic E-state index is 0.147. The molecule has 5 aromatic carbocycles. The molecule has 0 aliphatic carbocycles. The van der Waals surface area contributed by atoms with E-state index in [1.165, 1.54) is 0 Å². The molecule has 8 nitrogen and oxygen atoms in total. The van der Waals surface area contributed by atoms with Gasteiger partial charge in [0.25, 0.3) is 11.8 Å². The van der Waals surface area contributed by atoms with Crippen LogP contribution in [0.5, 0.6) is 11.5 Å². The van der Waals surface area contributed by atoms with Crippen molar-refractivity contribution in [3.05, 3.63) is 108 Å². The highest BCUT2D eigenvalue weighted by molar-refractivity contribution is 6.10. The van der Waals surface area contributed by atoms with Crippen molar-refractivity contribution in [2.75, 3.05) is 50.3 Å². The molecule has 0 aromatic heterocycles. The molecule has 2 heterocycles. The van der Waals surface area contributed by atoms with E-state index in [-0.39, 0.29) is 24.0 Å². The molecule has 44 heavy (non-hydrogen) atoms. The number of amides is 2. The minimum Gasteiger partial charge on any atom is -0.491 e. The standard InChI is InChI=1S/C36H32N2O6/c1-37(35(39)27-8-6-25-16-31(12-10-23(25)14-27)41-19-33-21-43-33)29-4-3-5-30(18-29)38(2)36(40)28-9-7-26-17-32(13-11-24(26)15-28)42-20-34-22-44-34/h3-18,33-34H,19-22H2,1-2H3. The number of hydrogen-bond donors (Lipinski definition) is 0. The number of ether oxygens (including phenoxy) is 4. The van der Waals surface area contributed by atoms with Crippen molar-refractivity contribution in [2.24, 2.45) is 0 Å². The summed E-state index contributed by atoms with van der Waals surface area (Å²) in [6.07, 6.45) is 0.386. The van der Waals surface area contributed by atoms with Gasteiger partial charge >= 0.3 is 0 Å². The number of rotatable bonds is 10. The molecule has 0 saturated carbocycles. The third kappa shape index (κ3) is 6.08. The van der Waals surface area contributed by atoms with Crippen LogP contribution in [0.4, 0.5) is 11.4 Å². The van der Waals surface area contributed by atoms with E-state index >= 15 is 0 Å². The molecule has 0 N–H and O–H groups in total. The van der Waals surface area contributed by atoms with Gasteiger partial charge in [-0.1, -0.05) is 30.3 Å². The van der Waals surface area contributed by atoms with Crippen LogP contribution in [0, 0.1) is 0 Å². The van der Waals surface area contributed by atoms with Crippen molar-refractivity contribution < 1.29 is 28.5 Å². The molecule has 2 amide bonds. The van der Waals surface area contributed by atoms with E-state index in [0.717, 1.165) is 46.3 Å². The Kier molecular flexibility index (Phi) is 7.37. The highest BCUT2D eigenvalue weighted by Crippen LogP contribution is 2.28. The van der Waals surface area contributed by atoms with Crippen molar-refractivity contribution in [2.45, 2.75) is 12.2 Å². The summed E-state index contributed by atoms with van der Waals surface area (Å²) in [4.78, 5) is 30.2. The third-order valence-corrected chi connectivity index (χ3v) is 8.01. The Balaban J connectivity index is 1.04. The van der Waals surface area contributed by atoms with Gasteiger partial charge in [-0.15, -0.1) is 0 Å². The Bertz CT molecular complexity index is 1750. The highest BCUT2D eigenvalue weighted by atomic mass is 16.6. The van der Waals surface area contributed by atoms with Crippen molar-refractivity contribution >= 4 is 44.7 Å². The number of anilines is 2. The highest BCUT2D eigenvalue weighted by Gasteiger charge is 2.24. The second-order valence-corrected chi connectivity index (χ2v) is 11.2. The topological polar surface area (TPSA) is 84.1 Å². The predicted octanol–water partition coefficient (Wildman–Crippen LogP) is 6.10. The Morgan fingerprint density at radius 3 is 1.45 bits per heavy atom. The minimum atomic E-state index is -0.147. The normalized spacial score (nSPS) is 16.9. The lowest BCUT2D eigenvalue weighted by molar-refractivity contribution is 0.0986. The molecule has 0 bridgehead atoms. The first-order valence-electron chi connectivity index (χ1n) is 14.6. The zero-order chi connectivity index (χ0) is 30.2. The van der Waals surface area contributed by atoms with Gasteiger partial charge in [-0.25, -0.2) is 0 Å². The van der Waals surface area contributed by atoms with E-state index in [2.05, 4.69) is 0 Å². The lowest BCUT2D eigenvalue weighted by Crippen LogP contribution is -2.28. The number of hydrogen-bond acceptors (Lipinski definition) is 6. The maximum atomic E-state index is 13.5. The van der Waals surface area contributed by atoms with Crippen LogP contribution < -0.4 is 19.3 Å². The molecule has 2 atom stereocenters. The molecule has 2 unspecified atom stereocenters. The molecule has 7 rings (SSSR count). The summed E-state index contributed by atoms with van der Waals surface area (Å²) in [5.74, 6) is 1.27. The van der Waals surface area contributed by atoms with Gasteiger partial charge in [0.1, 0.15) is 36.9 Å². The molecule has 5 aromatic rings. The average molecular weight is 589 g/mol. The van der Waals surface area contributed by atoms with Crippen molar-refractivity contribution in [1.82, 2.24) is 0 Å². The Morgan fingerprint density at radius 1 is 0.614 bits per heavy atom. The van der Waals surface area contributed by atoms with Gasteiger partial charge in [-0.05, 0) is 88.3 Å². The fourth-order valence-corrected chi connectivity index (χ4v) is 5.13. The number of carbonyl (C=O) groups is 2. The second-order valence-electron chi connectivity index (χ2n) is 11.2. The summed E-state index contributed by atoms with van der Waals surface area (Å²) in [6, 6.07) is 30.4. The molecule has 2 fully saturated rings. The summed E-state index contributed by atoms with van der Waals surface area (Å²) in [7, 11) is 3.48. The average Bonchev–Trinajstić information content (AvgIpc) is 4.00. The SMILES string of the molecule is CN(C(=O)c1ccc2cc(OCC3CO3)ccc2c1)c1cccc(N(C)C(=O)c2ccc3cc(OCC4CO4)ccc3c2)c1. The van der Waals surface area contributed by atoms with E-state index < -0.39 is 0 Å². The van der Waals surface area contributed by atoms with Crippen molar-refractivity contribution in [3.8, 4) is 11.5 Å². The van der Waals surface area contributed by atoms with Crippen LogP contribution in [0.2, 0.25) is 0 Å². The molecular formula is C36H32N2O6. The summed E-state index contributed by atoms with van der Waals surface area (Å²) in [5, 5.41) is 3.88. The third-order valence-electron chi connectivity index (χ3n) is 8.01. The monoisotopic (exact) mass is 588 g/mol. The molecule has 8 heteroatoms. The number of carbonyl (C=O) groups excluding carboxylic acids is 2. The van der Waals surface area contributed by atoms with E-state index in [0.29, 0.717) is 35.7 Å². The maximum absolute atomic E-state index is 13.5. The zero-order valence-corrected chi connectivity index (χ0v) is 24.6. The molecule has 222 valence electrons. The summed E-state index contributed by atoms with van der Waals surface area (Å²) in [6.45, 7) is 2.59. The number of fused-ring (bicyclic) bond motifs is 2. The Labute approximate surface area is 255 Å². The summed E-state index contributed by atoms with van der Waals surface area (Å²) >= 11 is 0. The number of epoxide rings is 2. The lowest BCUT2D eigenvalue weighted by atomic mass is 10.1. The Hall–Kier alpha value is -4.92. The van der Waals surface area contributed by atoms with Gasteiger partial charge < -0.3 is 28.7 Å². The first-order valence-corrected chi connectivity index (χ1v) is 14.6. The molecule has 2 aliphatic heterocycles. The number of benzene rings is 5. The van der Waals surface area contributed by atoms with E-state index in [1.807, 2.05) is 97.1 Å². The maximum Gasteiger partial charge on any atom is 0.258 e. The quantitative estimate of drug-likeness (QED) is 0.183. The molecule has 2 aliphatic rings. The van der Waals surface area contributed by atoms with Gasteiger partial charge in [0, 0.05) is 36.6 Å². The smallest absolute Gasteiger partial charge is 0.258 e. The van der Waals surface area contributed by atoms with Gasteiger partial charge in [-0.3, -0.25) is 9.59 Å². The largest absolute Gasteiger partial charge is 0.491 e. The first-order chi connectivity index (χ1) is 21.4. The summed E-state index contributed by atoms with van der Waals surface area (Å²) in [5.41, 5.74) is 2.50. The second kappa shape index (κ2) is 11.6. The van der Waals surface area contributed by atoms with Crippen LogP contribution in [-0.2, 0) is 9.47 Å². The molecule has 0 radical (unpaired) electrons. The fourth-order valence-electron chi connectivity index (χ4n) is 5.13. The predicted molar refractivity (Wildman–Crippen MR) is 170 cm³/mol. The lowest BCUT2D eigenvalue weighted by Gasteiger charge is -2.22. The van der Waals surface area contributed by atoms with Gasteiger partial charge in [0.2, 0.25) is 0 Å². The van der Waals surface area contributed by atoms with Crippen molar-refractivity contribution in [3.63, 3.8) is 0 Å². The zero-order valence-electron chi connectivity index (χ0n) is 24.6. The van der Waals surface area contributed by atoms with E-state index in [1.54, 1.807) is 23.9 Å².